The minimum atomic E-state index is -0.537. The molecule has 2 unspecified atom stereocenters. The van der Waals surface area contributed by atoms with Crippen molar-refractivity contribution in [2.45, 2.75) is 18.9 Å². The highest BCUT2D eigenvalue weighted by molar-refractivity contribution is 6.33. The van der Waals surface area contributed by atoms with E-state index in [0.29, 0.717) is 12.5 Å². The van der Waals surface area contributed by atoms with Crippen LogP contribution in [0.1, 0.15) is 23.2 Å². The molecule has 1 aromatic carbocycles. The van der Waals surface area contributed by atoms with Gasteiger partial charge in [-0.05, 0) is 30.9 Å². The van der Waals surface area contributed by atoms with E-state index in [1.807, 2.05) is 0 Å². The molecule has 1 N–H and O–H groups in total. The molecule has 3 nitrogen and oxygen atoms in total. The first-order valence-electron chi connectivity index (χ1n) is 6.64. The fraction of sp³-hybridized carbons (Fsp3) is 0.500. The maximum atomic E-state index is 13.9. The van der Waals surface area contributed by atoms with E-state index < -0.39 is 5.82 Å². The number of amides is 1. The normalized spacial score (nSPS) is 26.3. The van der Waals surface area contributed by atoms with E-state index in [2.05, 4.69) is 5.32 Å². The average molecular weight is 283 g/mol. The Kier molecular flexibility index (Phi) is 3.46. The zero-order valence-electron chi connectivity index (χ0n) is 10.5. The van der Waals surface area contributed by atoms with Gasteiger partial charge < -0.3 is 10.2 Å². The number of rotatable bonds is 1. The lowest BCUT2D eigenvalue weighted by molar-refractivity contribution is 0.0570. The molecule has 2 atom stereocenters. The summed E-state index contributed by atoms with van der Waals surface area (Å²) in [6.07, 6.45) is 2.10. The molecule has 0 spiro atoms. The van der Waals surface area contributed by atoms with E-state index >= 15 is 0 Å². The number of fused-ring (bicyclic) bond motifs is 1. The second-order valence-corrected chi connectivity index (χ2v) is 5.63. The number of hydrogen-bond donors (Lipinski definition) is 1. The highest BCUT2D eigenvalue weighted by Gasteiger charge is 2.38. The Labute approximate surface area is 116 Å². The van der Waals surface area contributed by atoms with Gasteiger partial charge in [0.2, 0.25) is 0 Å². The Morgan fingerprint density at radius 3 is 3.05 bits per heavy atom. The molecule has 1 aromatic rings. The van der Waals surface area contributed by atoms with Crippen LogP contribution in [0, 0.1) is 11.7 Å². The first-order chi connectivity index (χ1) is 9.18. The fourth-order valence-corrected chi connectivity index (χ4v) is 3.41. The zero-order valence-corrected chi connectivity index (χ0v) is 11.3. The van der Waals surface area contributed by atoms with Gasteiger partial charge in [0, 0.05) is 25.7 Å². The summed E-state index contributed by atoms with van der Waals surface area (Å²) in [6.45, 7) is 2.42. The Hall–Kier alpha value is -1.13. The van der Waals surface area contributed by atoms with Crippen LogP contribution in [-0.2, 0) is 0 Å². The molecule has 0 saturated carbocycles. The van der Waals surface area contributed by atoms with Gasteiger partial charge in [0.25, 0.3) is 5.91 Å². The molecule has 19 heavy (non-hydrogen) atoms. The van der Waals surface area contributed by atoms with E-state index in [4.69, 9.17) is 11.6 Å². The van der Waals surface area contributed by atoms with E-state index in [0.717, 1.165) is 25.9 Å². The first-order valence-corrected chi connectivity index (χ1v) is 7.02. The Bertz CT molecular complexity index is 488. The molecule has 3 rings (SSSR count). The zero-order chi connectivity index (χ0) is 13.4. The van der Waals surface area contributed by atoms with Gasteiger partial charge in [-0.25, -0.2) is 4.39 Å². The minimum absolute atomic E-state index is 0.0108. The molecule has 2 aliphatic heterocycles. The first kappa shape index (κ1) is 12.9. The van der Waals surface area contributed by atoms with Crippen LogP contribution < -0.4 is 5.32 Å². The molecule has 0 radical (unpaired) electrons. The molecule has 2 saturated heterocycles. The van der Waals surface area contributed by atoms with Crippen LogP contribution in [-0.4, -0.2) is 36.5 Å². The molecule has 5 heteroatoms. The van der Waals surface area contributed by atoms with Crippen LogP contribution in [0.3, 0.4) is 0 Å². The molecular weight excluding hydrogens is 267 g/mol. The Balaban J connectivity index is 1.91. The lowest BCUT2D eigenvalue weighted by Gasteiger charge is -2.37. The Morgan fingerprint density at radius 2 is 2.26 bits per heavy atom. The fourth-order valence-electron chi connectivity index (χ4n) is 3.17. The van der Waals surface area contributed by atoms with Gasteiger partial charge in [-0.3, -0.25) is 4.79 Å². The smallest absolute Gasteiger partial charge is 0.258 e. The molecular formula is C14H16ClFN2O. The Morgan fingerprint density at radius 1 is 1.42 bits per heavy atom. The maximum Gasteiger partial charge on any atom is 0.258 e. The van der Waals surface area contributed by atoms with Crippen molar-refractivity contribution >= 4 is 17.5 Å². The highest BCUT2D eigenvalue weighted by Crippen LogP contribution is 2.29. The lowest BCUT2D eigenvalue weighted by atomic mass is 9.91. The van der Waals surface area contributed by atoms with Crippen LogP contribution in [0.2, 0.25) is 5.02 Å². The predicted molar refractivity (Wildman–Crippen MR) is 71.8 cm³/mol. The lowest BCUT2D eigenvalue weighted by Crippen LogP contribution is -2.48. The third-order valence-electron chi connectivity index (χ3n) is 4.12. The summed E-state index contributed by atoms with van der Waals surface area (Å²) in [4.78, 5) is 14.3. The number of piperidine rings is 1. The predicted octanol–water partition coefficient (Wildman–Crippen LogP) is 2.30. The van der Waals surface area contributed by atoms with E-state index in [-0.39, 0.29) is 22.5 Å². The van der Waals surface area contributed by atoms with Crippen LogP contribution in [0.15, 0.2) is 18.2 Å². The van der Waals surface area contributed by atoms with Crippen molar-refractivity contribution < 1.29 is 9.18 Å². The third-order valence-corrected chi connectivity index (χ3v) is 4.43. The quantitative estimate of drug-likeness (QED) is 0.857. The SMILES string of the molecule is O=C(c1c(F)cccc1Cl)N1CCCC2CNCC21. The minimum Gasteiger partial charge on any atom is -0.334 e. The summed E-state index contributed by atoms with van der Waals surface area (Å²) in [5.74, 6) is -0.324. The second-order valence-electron chi connectivity index (χ2n) is 5.22. The van der Waals surface area contributed by atoms with Gasteiger partial charge in [0.1, 0.15) is 5.82 Å². The van der Waals surface area contributed by atoms with E-state index in [1.54, 1.807) is 11.0 Å². The van der Waals surface area contributed by atoms with Gasteiger partial charge in [-0.1, -0.05) is 17.7 Å². The van der Waals surface area contributed by atoms with Gasteiger partial charge in [-0.2, -0.15) is 0 Å². The summed E-state index contributed by atoms with van der Waals surface area (Å²) >= 11 is 5.98. The van der Waals surface area contributed by atoms with E-state index in [1.165, 1.54) is 12.1 Å². The monoisotopic (exact) mass is 282 g/mol. The summed E-state index contributed by atoms with van der Waals surface area (Å²) < 4.78 is 13.9. The van der Waals surface area contributed by atoms with Gasteiger partial charge in [0.15, 0.2) is 0 Å². The molecule has 2 heterocycles. The topological polar surface area (TPSA) is 32.3 Å². The number of carbonyl (C=O) groups excluding carboxylic acids is 1. The average Bonchev–Trinajstić information content (AvgIpc) is 2.86. The number of halogens is 2. The number of benzene rings is 1. The van der Waals surface area contributed by atoms with Crippen molar-refractivity contribution in [1.82, 2.24) is 10.2 Å². The highest BCUT2D eigenvalue weighted by atomic mass is 35.5. The van der Waals surface area contributed by atoms with Crippen molar-refractivity contribution in [3.63, 3.8) is 0 Å². The standard InChI is InChI=1S/C14H16ClFN2O/c15-10-4-1-5-11(16)13(10)14(19)18-6-2-3-9-7-17-8-12(9)18/h1,4-5,9,12,17H,2-3,6-8H2. The molecule has 2 fully saturated rings. The second kappa shape index (κ2) is 5.10. The number of likely N-dealkylation sites (tertiary alicyclic amines) is 1. The third kappa shape index (κ3) is 2.23. The van der Waals surface area contributed by atoms with Crippen LogP contribution in [0.4, 0.5) is 4.39 Å². The van der Waals surface area contributed by atoms with Crippen molar-refractivity contribution in [3.05, 3.63) is 34.6 Å². The molecule has 102 valence electrons. The van der Waals surface area contributed by atoms with Gasteiger partial charge >= 0.3 is 0 Å². The van der Waals surface area contributed by atoms with Crippen molar-refractivity contribution in [3.8, 4) is 0 Å². The molecule has 0 aliphatic carbocycles. The molecule has 2 aliphatic rings. The molecule has 1 amide bonds. The van der Waals surface area contributed by atoms with Crippen LogP contribution >= 0.6 is 11.6 Å². The number of carbonyl (C=O) groups is 1. The van der Waals surface area contributed by atoms with E-state index in [9.17, 15) is 9.18 Å². The van der Waals surface area contributed by atoms with Crippen LogP contribution in [0.5, 0.6) is 0 Å². The number of nitrogens with zero attached hydrogens (tertiary/aromatic N) is 1. The summed E-state index contributed by atoms with van der Waals surface area (Å²) in [5, 5.41) is 3.50. The van der Waals surface area contributed by atoms with Crippen LogP contribution in [0.25, 0.3) is 0 Å². The molecule has 0 aromatic heterocycles. The maximum absolute atomic E-state index is 13.9. The summed E-state index contributed by atoms with van der Waals surface area (Å²) in [5.41, 5.74) is 0.0108. The van der Waals surface area contributed by atoms with Gasteiger partial charge in [-0.15, -0.1) is 0 Å². The summed E-state index contributed by atoms with van der Waals surface area (Å²) in [7, 11) is 0. The van der Waals surface area contributed by atoms with Crippen molar-refractivity contribution in [2.24, 2.45) is 5.92 Å². The number of nitrogens with one attached hydrogen (secondary N) is 1. The molecule has 0 bridgehead atoms. The van der Waals surface area contributed by atoms with Crippen molar-refractivity contribution in [1.29, 1.82) is 0 Å². The van der Waals surface area contributed by atoms with Gasteiger partial charge in [0.05, 0.1) is 10.6 Å². The summed E-state index contributed by atoms with van der Waals surface area (Å²) in [6, 6.07) is 4.54. The largest absolute Gasteiger partial charge is 0.334 e. The number of hydrogen-bond acceptors (Lipinski definition) is 2. The van der Waals surface area contributed by atoms with Crippen molar-refractivity contribution in [2.75, 3.05) is 19.6 Å².